The first-order chi connectivity index (χ1) is 11.5. The van der Waals surface area contributed by atoms with Crippen LogP contribution in [0.3, 0.4) is 0 Å². The summed E-state index contributed by atoms with van der Waals surface area (Å²) in [6.45, 7) is 6.18. The van der Waals surface area contributed by atoms with E-state index >= 15 is 0 Å². The van der Waals surface area contributed by atoms with Gasteiger partial charge in [0.1, 0.15) is 0 Å². The molecule has 1 aromatic rings. The highest BCUT2D eigenvalue weighted by Crippen LogP contribution is 2.28. The number of hydrogen-bond acceptors (Lipinski definition) is 6. The zero-order valence-electron chi connectivity index (χ0n) is 13.8. The minimum Gasteiger partial charge on any atom is -0.462 e. The Morgan fingerprint density at radius 3 is 2.67 bits per heavy atom. The quantitative estimate of drug-likeness (QED) is 0.629. The van der Waals surface area contributed by atoms with Crippen LogP contribution in [0.2, 0.25) is 0 Å². The molecule has 130 valence electrons. The van der Waals surface area contributed by atoms with Crippen LogP contribution in [0.25, 0.3) is 0 Å². The predicted molar refractivity (Wildman–Crippen MR) is 95.5 cm³/mol. The van der Waals surface area contributed by atoms with E-state index in [0.29, 0.717) is 31.1 Å². The normalized spacial score (nSPS) is 14.0. The number of benzene rings is 1. The van der Waals surface area contributed by atoms with Crippen molar-refractivity contribution in [1.82, 2.24) is 5.32 Å². The van der Waals surface area contributed by atoms with E-state index in [-0.39, 0.29) is 11.0 Å². The Bertz CT molecular complexity index is 630. The van der Waals surface area contributed by atoms with Gasteiger partial charge in [-0.3, -0.25) is 4.79 Å². The third-order valence-electron chi connectivity index (χ3n) is 3.40. The van der Waals surface area contributed by atoms with Gasteiger partial charge in [-0.15, -0.1) is 0 Å². The molecule has 0 spiro atoms. The number of nitrogens with one attached hydrogen (secondary N) is 2. The molecule has 7 nitrogen and oxygen atoms in total. The number of hydrogen-bond donors (Lipinski definition) is 2. The maximum Gasteiger partial charge on any atom is 0.338 e. The van der Waals surface area contributed by atoms with Gasteiger partial charge in [0.15, 0.2) is 5.11 Å². The van der Waals surface area contributed by atoms with E-state index in [9.17, 15) is 9.59 Å². The molecule has 1 amide bonds. The summed E-state index contributed by atoms with van der Waals surface area (Å²) in [5.74, 6) is -0.665. The van der Waals surface area contributed by atoms with Gasteiger partial charge in [-0.2, -0.15) is 0 Å². The number of morpholine rings is 1. The van der Waals surface area contributed by atoms with E-state index in [1.165, 1.54) is 6.92 Å². The Labute approximate surface area is 146 Å². The molecule has 1 aliphatic heterocycles. The maximum atomic E-state index is 12.0. The molecule has 1 aliphatic rings. The third-order valence-corrected chi connectivity index (χ3v) is 3.60. The van der Waals surface area contributed by atoms with E-state index in [1.54, 1.807) is 19.1 Å². The molecule has 1 aromatic carbocycles. The van der Waals surface area contributed by atoms with Crippen molar-refractivity contribution in [3.8, 4) is 0 Å². The van der Waals surface area contributed by atoms with Crippen LogP contribution in [-0.4, -0.2) is 49.9 Å². The summed E-state index contributed by atoms with van der Waals surface area (Å²) in [5.41, 5.74) is 1.95. The molecule has 0 unspecified atom stereocenters. The van der Waals surface area contributed by atoms with Crippen molar-refractivity contribution in [2.75, 3.05) is 43.1 Å². The fourth-order valence-electron chi connectivity index (χ4n) is 2.37. The smallest absolute Gasteiger partial charge is 0.338 e. The van der Waals surface area contributed by atoms with Gasteiger partial charge in [-0.05, 0) is 37.3 Å². The van der Waals surface area contributed by atoms with Gasteiger partial charge in [-0.25, -0.2) is 4.79 Å². The number of carbonyl (C=O) groups excluding carboxylic acids is 2. The highest BCUT2D eigenvalue weighted by molar-refractivity contribution is 7.80. The van der Waals surface area contributed by atoms with Crippen molar-refractivity contribution in [3.05, 3.63) is 23.8 Å². The Hall–Kier alpha value is -2.19. The van der Waals surface area contributed by atoms with Crippen LogP contribution >= 0.6 is 12.2 Å². The van der Waals surface area contributed by atoms with Gasteiger partial charge in [0.05, 0.1) is 36.8 Å². The summed E-state index contributed by atoms with van der Waals surface area (Å²) in [5, 5.41) is 5.68. The molecular weight excluding hydrogens is 330 g/mol. The lowest BCUT2D eigenvalue weighted by atomic mass is 10.1. The number of esters is 1. The number of nitrogens with zero attached hydrogens (tertiary/aromatic N) is 1. The zero-order chi connectivity index (χ0) is 17.5. The molecule has 0 aliphatic carbocycles. The zero-order valence-corrected chi connectivity index (χ0v) is 14.6. The molecule has 2 N–H and O–H groups in total. The SMILES string of the molecule is CCOC(=O)c1ccc(N2CCOCC2)c(NC(=S)NC(C)=O)c1. The van der Waals surface area contributed by atoms with E-state index < -0.39 is 5.97 Å². The first kappa shape index (κ1) is 18.2. The van der Waals surface area contributed by atoms with Crippen LogP contribution < -0.4 is 15.5 Å². The standard InChI is InChI=1S/C16H21N3O4S/c1-3-23-15(21)12-4-5-14(19-6-8-22-9-7-19)13(10-12)18-16(24)17-11(2)20/h4-5,10H,3,6-9H2,1-2H3,(H2,17,18,20,24). The fourth-order valence-corrected chi connectivity index (χ4v) is 2.62. The number of anilines is 2. The number of carbonyl (C=O) groups is 2. The van der Waals surface area contributed by atoms with Crippen molar-refractivity contribution in [3.63, 3.8) is 0 Å². The topological polar surface area (TPSA) is 79.9 Å². The second-order valence-corrected chi connectivity index (χ2v) is 5.60. The molecule has 0 atom stereocenters. The summed E-state index contributed by atoms with van der Waals surface area (Å²) in [6.07, 6.45) is 0. The Morgan fingerprint density at radius 2 is 2.04 bits per heavy atom. The van der Waals surface area contributed by atoms with Crippen molar-refractivity contribution in [1.29, 1.82) is 0 Å². The molecule has 1 saturated heterocycles. The molecule has 0 aromatic heterocycles. The summed E-state index contributed by atoms with van der Waals surface area (Å²) >= 11 is 5.13. The summed E-state index contributed by atoms with van der Waals surface area (Å²) < 4.78 is 10.4. The molecule has 1 heterocycles. The van der Waals surface area contributed by atoms with Gasteiger partial charge in [0.2, 0.25) is 5.91 Å². The van der Waals surface area contributed by atoms with E-state index in [1.807, 2.05) is 6.07 Å². The first-order valence-electron chi connectivity index (χ1n) is 7.73. The predicted octanol–water partition coefficient (Wildman–Crippen LogP) is 1.53. The van der Waals surface area contributed by atoms with Crippen LogP contribution in [0.15, 0.2) is 18.2 Å². The average Bonchev–Trinajstić information content (AvgIpc) is 2.55. The van der Waals surface area contributed by atoms with Gasteiger partial charge >= 0.3 is 5.97 Å². The Kier molecular flexibility index (Phi) is 6.51. The lowest BCUT2D eigenvalue weighted by molar-refractivity contribution is -0.117. The van der Waals surface area contributed by atoms with Crippen molar-refractivity contribution in [2.24, 2.45) is 0 Å². The van der Waals surface area contributed by atoms with Gasteiger partial charge in [0.25, 0.3) is 0 Å². The molecule has 0 bridgehead atoms. The van der Waals surface area contributed by atoms with Gasteiger partial charge in [-0.1, -0.05) is 0 Å². The summed E-state index contributed by atoms with van der Waals surface area (Å²) in [7, 11) is 0. The first-order valence-corrected chi connectivity index (χ1v) is 8.14. The highest BCUT2D eigenvalue weighted by atomic mass is 32.1. The second kappa shape index (κ2) is 8.60. The lowest BCUT2D eigenvalue weighted by Gasteiger charge is -2.31. The molecule has 8 heteroatoms. The van der Waals surface area contributed by atoms with Crippen LogP contribution in [0.5, 0.6) is 0 Å². The molecule has 1 fully saturated rings. The van der Waals surface area contributed by atoms with Crippen molar-refractivity contribution >= 4 is 40.6 Å². The number of amides is 1. The third kappa shape index (κ3) is 4.90. The van der Waals surface area contributed by atoms with E-state index in [0.717, 1.165) is 18.8 Å². The molecular formula is C16H21N3O4S. The van der Waals surface area contributed by atoms with Crippen molar-refractivity contribution in [2.45, 2.75) is 13.8 Å². The van der Waals surface area contributed by atoms with E-state index in [4.69, 9.17) is 21.7 Å². The highest BCUT2D eigenvalue weighted by Gasteiger charge is 2.18. The van der Waals surface area contributed by atoms with Gasteiger partial charge < -0.3 is 25.0 Å². The summed E-state index contributed by atoms with van der Waals surface area (Å²) in [6, 6.07) is 5.24. The monoisotopic (exact) mass is 351 g/mol. The summed E-state index contributed by atoms with van der Waals surface area (Å²) in [4.78, 5) is 25.2. The largest absolute Gasteiger partial charge is 0.462 e. The molecule has 2 rings (SSSR count). The second-order valence-electron chi connectivity index (χ2n) is 5.19. The minimum atomic E-state index is -0.403. The van der Waals surface area contributed by atoms with Gasteiger partial charge in [0, 0.05) is 20.0 Å². The Morgan fingerprint density at radius 1 is 1.33 bits per heavy atom. The molecule has 24 heavy (non-hydrogen) atoms. The average molecular weight is 351 g/mol. The minimum absolute atomic E-state index is 0.179. The van der Waals surface area contributed by atoms with Crippen molar-refractivity contribution < 1.29 is 19.1 Å². The Balaban J connectivity index is 2.28. The van der Waals surface area contributed by atoms with Crippen LogP contribution in [-0.2, 0) is 14.3 Å². The lowest BCUT2D eigenvalue weighted by Crippen LogP contribution is -2.38. The van der Waals surface area contributed by atoms with Crippen LogP contribution in [0, 0.1) is 0 Å². The van der Waals surface area contributed by atoms with Crippen LogP contribution in [0.4, 0.5) is 11.4 Å². The molecule has 0 radical (unpaired) electrons. The number of thiocarbonyl (C=S) groups is 1. The number of rotatable bonds is 4. The molecule has 0 saturated carbocycles. The number of ether oxygens (including phenoxy) is 2. The van der Waals surface area contributed by atoms with E-state index in [2.05, 4.69) is 15.5 Å². The van der Waals surface area contributed by atoms with Crippen LogP contribution in [0.1, 0.15) is 24.2 Å². The fraction of sp³-hybridized carbons (Fsp3) is 0.438. The maximum absolute atomic E-state index is 12.0.